The maximum absolute atomic E-state index is 13.4. The number of carbonyl (C=O) groups excluding carboxylic acids is 1. The Bertz CT molecular complexity index is 1240. The molecule has 1 fully saturated rings. The summed E-state index contributed by atoms with van der Waals surface area (Å²) >= 11 is 5.88. The molecule has 0 atom stereocenters. The van der Waals surface area contributed by atoms with E-state index >= 15 is 0 Å². The maximum atomic E-state index is 13.4. The second-order valence-electron chi connectivity index (χ2n) is 9.98. The van der Waals surface area contributed by atoms with Crippen LogP contribution < -0.4 is 10.1 Å². The summed E-state index contributed by atoms with van der Waals surface area (Å²) < 4.78 is 72.1. The Labute approximate surface area is 213 Å². The number of nitrogens with zero attached hydrogens (tertiary/aromatic N) is 2. The van der Waals surface area contributed by atoms with Crippen molar-refractivity contribution < 1.29 is 31.1 Å². The topological polar surface area (TPSA) is 88.6 Å². The smallest absolute Gasteiger partial charge is 0.417 e. The van der Waals surface area contributed by atoms with E-state index in [1.165, 1.54) is 34.6 Å². The summed E-state index contributed by atoms with van der Waals surface area (Å²) in [4.78, 5) is 15.6. The molecule has 196 valence electrons. The number of hydrogen-bond donors (Lipinski definition) is 1. The predicted molar refractivity (Wildman–Crippen MR) is 129 cm³/mol. The third-order valence-electron chi connectivity index (χ3n) is 6.01. The third kappa shape index (κ3) is 5.84. The number of carbonyl (C=O) groups is 1. The minimum absolute atomic E-state index is 0.0153. The lowest BCUT2D eigenvalue weighted by molar-refractivity contribution is -0.137. The van der Waals surface area contributed by atoms with E-state index in [1.807, 2.05) is 27.7 Å². The van der Waals surface area contributed by atoms with Crippen LogP contribution in [0.15, 0.2) is 54.1 Å². The monoisotopic (exact) mass is 545 g/mol. The molecule has 7 nitrogen and oxygen atoms in total. The molecule has 0 unspecified atom stereocenters. The zero-order valence-corrected chi connectivity index (χ0v) is 21.8. The minimum atomic E-state index is -4.60. The van der Waals surface area contributed by atoms with E-state index in [1.54, 1.807) is 0 Å². The second kappa shape index (κ2) is 9.68. The van der Waals surface area contributed by atoms with Crippen molar-refractivity contribution in [3.63, 3.8) is 0 Å². The van der Waals surface area contributed by atoms with Gasteiger partial charge in [-0.1, -0.05) is 45.9 Å². The number of ether oxygens (including phenoxy) is 1. The Morgan fingerprint density at radius 3 is 2.22 bits per heavy atom. The molecule has 1 aromatic carbocycles. The molecule has 2 aromatic rings. The standard InChI is InChI=1S/C24H27ClF3N3O4S/c1-6-19(32)30-21-22(2,3)13-31(14-23(21,4)5)36(33,34)17-9-7-16(8-10-17)35-20-18(25)11-15(12-29-20)24(26,27)28/h6-12,21H,1,13-14H2,2-5H3,(H,30,32). The molecule has 0 spiro atoms. The lowest BCUT2D eigenvalue weighted by Crippen LogP contribution is -2.64. The van der Waals surface area contributed by atoms with Gasteiger partial charge in [0.1, 0.15) is 10.8 Å². The largest absolute Gasteiger partial charge is 0.438 e. The summed E-state index contributed by atoms with van der Waals surface area (Å²) in [5.41, 5.74) is -2.18. The van der Waals surface area contributed by atoms with Crippen LogP contribution in [0, 0.1) is 10.8 Å². The van der Waals surface area contributed by atoms with Crippen molar-refractivity contribution in [3.8, 4) is 11.6 Å². The molecule has 36 heavy (non-hydrogen) atoms. The van der Waals surface area contributed by atoms with Crippen molar-refractivity contribution >= 4 is 27.5 Å². The van der Waals surface area contributed by atoms with Gasteiger partial charge in [-0.15, -0.1) is 0 Å². The van der Waals surface area contributed by atoms with Crippen molar-refractivity contribution in [2.45, 2.75) is 44.8 Å². The van der Waals surface area contributed by atoms with Crippen LogP contribution in [0.5, 0.6) is 11.6 Å². The van der Waals surface area contributed by atoms with Crippen LogP contribution in [-0.2, 0) is 21.0 Å². The van der Waals surface area contributed by atoms with Crippen LogP contribution in [0.3, 0.4) is 0 Å². The Morgan fingerprint density at radius 2 is 1.75 bits per heavy atom. The fraction of sp³-hybridized carbons (Fsp3) is 0.417. The summed E-state index contributed by atoms with van der Waals surface area (Å²) in [6.45, 7) is 11.4. The second-order valence-corrected chi connectivity index (χ2v) is 12.3. The molecule has 3 rings (SSSR count). The average Bonchev–Trinajstić information content (AvgIpc) is 2.76. The minimum Gasteiger partial charge on any atom is -0.438 e. The number of piperidine rings is 1. The van der Waals surface area contributed by atoms with E-state index in [0.29, 0.717) is 12.3 Å². The quantitative estimate of drug-likeness (QED) is 0.499. The van der Waals surface area contributed by atoms with Crippen LogP contribution in [0.2, 0.25) is 5.02 Å². The number of nitrogens with one attached hydrogen (secondary N) is 1. The summed E-state index contributed by atoms with van der Waals surface area (Å²) in [7, 11) is -3.90. The maximum Gasteiger partial charge on any atom is 0.417 e. The normalized spacial score (nSPS) is 18.4. The van der Waals surface area contributed by atoms with Gasteiger partial charge in [0, 0.05) is 25.3 Å². The average molecular weight is 546 g/mol. The zero-order chi connectivity index (χ0) is 27.1. The van der Waals surface area contributed by atoms with Crippen molar-refractivity contribution in [1.82, 2.24) is 14.6 Å². The summed E-state index contributed by atoms with van der Waals surface area (Å²) in [5, 5.41) is 2.60. The van der Waals surface area contributed by atoms with Crippen LogP contribution in [0.4, 0.5) is 13.2 Å². The summed E-state index contributed by atoms with van der Waals surface area (Å²) in [5.74, 6) is -0.419. The lowest BCUT2D eigenvalue weighted by atomic mass is 9.67. The van der Waals surface area contributed by atoms with Crippen molar-refractivity contribution in [2.75, 3.05) is 13.1 Å². The van der Waals surface area contributed by atoms with Gasteiger partial charge in [0.2, 0.25) is 21.8 Å². The Hall–Kier alpha value is -2.63. The van der Waals surface area contributed by atoms with E-state index in [9.17, 15) is 26.4 Å². The first-order chi connectivity index (χ1) is 16.5. The fourth-order valence-electron chi connectivity index (χ4n) is 4.56. The van der Waals surface area contributed by atoms with Gasteiger partial charge in [-0.25, -0.2) is 13.4 Å². The third-order valence-corrected chi connectivity index (χ3v) is 8.09. The number of hydrogen-bond acceptors (Lipinski definition) is 5. The van der Waals surface area contributed by atoms with E-state index in [4.69, 9.17) is 16.3 Å². The van der Waals surface area contributed by atoms with Gasteiger partial charge in [0.15, 0.2) is 0 Å². The van der Waals surface area contributed by atoms with Crippen LogP contribution in [0.25, 0.3) is 0 Å². The molecule has 1 aliphatic heterocycles. The first kappa shape index (κ1) is 27.9. The molecule has 0 bridgehead atoms. The Balaban J connectivity index is 1.80. The molecular weight excluding hydrogens is 519 g/mol. The van der Waals surface area contributed by atoms with Crippen molar-refractivity contribution in [3.05, 3.63) is 59.8 Å². The summed E-state index contributed by atoms with van der Waals surface area (Å²) in [6, 6.07) is 5.83. The van der Waals surface area contributed by atoms with Crippen molar-refractivity contribution in [2.24, 2.45) is 10.8 Å². The van der Waals surface area contributed by atoms with Gasteiger partial charge in [0.05, 0.1) is 10.5 Å². The SMILES string of the molecule is C=CC(=O)NC1C(C)(C)CN(S(=O)(=O)c2ccc(Oc3ncc(C(F)(F)F)cc3Cl)cc2)CC1(C)C. The van der Waals surface area contributed by atoms with Gasteiger partial charge < -0.3 is 10.1 Å². The number of halogens is 4. The highest BCUT2D eigenvalue weighted by Gasteiger charge is 2.50. The van der Waals surface area contributed by atoms with E-state index in [-0.39, 0.29) is 46.6 Å². The van der Waals surface area contributed by atoms with E-state index in [0.717, 1.165) is 0 Å². The first-order valence-electron chi connectivity index (χ1n) is 10.9. The molecular formula is C24H27ClF3N3O4S. The number of amides is 1. The molecule has 12 heteroatoms. The number of rotatable bonds is 6. The number of sulfonamides is 1. The highest BCUT2D eigenvalue weighted by atomic mass is 35.5. The van der Waals surface area contributed by atoms with Crippen LogP contribution >= 0.6 is 11.6 Å². The van der Waals surface area contributed by atoms with E-state index < -0.39 is 32.6 Å². The fourth-order valence-corrected chi connectivity index (χ4v) is 6.55. The van der Waals surface area contributed by atoms with Gasteiger partial charge >= 0.3 is 6.18 Å². The molecule has 0 saturated carbocycles. The molecule has 1 aromatic heterocycles. The summed E-state index contributed by atoms with van der Waals surface area (Å²) in [6.07, 6.45) is -2.81. The molecule has 1 amide bonds. The molecule has 0 aliphatic carbocycles. The Morgan fingerprint density at radius 1 is 1.19 bits per heavy atom. The van der Waals surface area contributed by atoms with Crippen LogP contribution in [0.1, 0.15) is 33.3 Å². The number of alkyl halides is 3. The van der Waals surface area contributed by atoms with Crippen molar-refractivity contribution in [1.29, 1.82) is 0 Å². The Kier molecular flexibility index (Phi) is 7.51. The highest BCUT2D eigenvalue weighted by Crippen LogP contribution is 2.42. The molecule has 1 aliphatic rings. The van der Waals surface area contributed by atoms with Gasteiger partial charge in [-0.3, -0.25) is 4.79 Å². The van der Waals surface area contributed by atoms with E-state index in [2.05, 4.69) is 16.9 Å². The first-order valence-corrected chi connectivity index (χ1v) is 12.7. The predicted octanol–water partition coefficient (Wildman–Crippen LogP) is 5.27. The van der Waals surface area contributed by atoms with Gasteiger partial charge in [-0.05, 0) is 47.2 Å². The lowest BCUT2D eigenvalue weighted by Gasteiger charge is -2.52. The number of pyridine rings is 1. The molecule has 1 N–H and O–H groups in total. The molecule has 2 heterocycles. The molecule has 1 saturated heterocycles. The zero-order valence-electron chi connectivity index (χ0n) is 20.2. The highest BCUT2D eigenvalue weighted by molar-refractivity contribution is 7.89. The van der Waals surface area contributed by atoms with Gasteiger partial charge in [-0.2, -0.15) is 17.5 Å². The van der Waals surface area contributed by atoms with Crippen LogP contribution in [-0.4, -0.2) is 42.7 Å². The van der Waals surface area contributed by atoms with Gasteiger partial charge in [0.25, 0.3) is 0 Å². The number of benzene rings is 1. The molecule has 0 radical (unpaired) electrons. The number of aromatic nitrogens is 1.